The molecule has 128 valence electrons. The highest BCUT2D eigenvalue weighted by atomic mass is 16.5. The van der Waals surface area contributed by atoms with Gasteiger partial charge in [0.1, 0.15) is 6.23 Å². The SMILES string of the molecule is CCOC(=O)C12c3ccccc3C(=O)N1C(O)CC2c1ccccc1. The Bertz CT molecular complexity index is 835. The molecule has 0 saturated carbocycles. The van der Waals surface area contributed by atoms with Crippen molar-refractivity contribution in [1.29, 1.82) is 0 Å². The highest BCUT2D eigenvalue weighted by molar-refractivity contribution is 6.07. The van der Waals surface area contributed by atoms with Gasteiger partial charge in [-0.25, -0.2) is 4.79 Å². The van der Waals surface area contributed by atoms with Gasteiger partial charge < -0.3 is 9.84 Å². The third-order valence-corrected chi connectivity index (χ3v) is 5.20. The fourth-order valence-corrected chi connectivity index (χ4v) is 4.29. The van der Waals surface area contributed by atoms with Crippen LogP contribution in [-0.2, 0) is 15.1 Å². The molecule has 0 spiro atoms. The Kier molecular flexibility index (Phi) is 3.62. The van der Waals surface area contributed by atoms with Gasteiger partial charge in [0.2, 0.25) is 0 Å². The molecular weight excluding hydrogens is 318 g/mol. The van der Waals surface area contributed by atoms with E-state index in [2.05, 4.69) is 0 Å². The first-order chi connectivity index (χ1) is 12.1. The molecular formula is C20H19NO4. The number of carbonyl (C=O) groups is 2. The van der Waals surface area contributed by atoms with E-state index in [-0.39, 0.29) is 18.4 Å². The number of nitrogens with zero attached hydrogens (tertiary/aromatic N) is 1. The maximum absolute atomic E-state index is 13.2. The van der Waals surface area contributed by atoms with Gasteiger partial charge in [-0.05, 0) is 18.6 Å². The highest BCUT2D eigenvalue weighted by Gasteiger charge is 2.66. The van der Waals surface area contributed by atoms with Gasteiger partial charge in [-0.3, -0.25) is 9.69 Å². The lowest BCUT2D eigenvalue weighted by Gasteiger charge is -2.36. The minimum absolute atomic E-state index is 0.211. The van der Waals surface area contributed by atoms with Gasteiger partial charge in [-0.15, -0.1) is 0 Å². The summed E-state index contributed by atoms with van der Waals surface area (Å²) in [5.74, 6) is -1.18. The Labute approximate surface area is 145 Å². The first-order valence-corrected chi connectivity index (χ1v) is 8.45. The molecule has 1 fully saturated rings. The molecule has 1 saturated heterocycles. The number of hydrogen-bond acceptors (Lipinski definition) is 4. The molecule has 2 aromatic carbocycles. The predicted molar refractivity (Wildman–Crippen MR) is 90.7 cm³/mol. The number of benzene rings is 2. The highest BCUT2D eigenvalue weighted by Crippen LogP contribution is 2.56. The van der Waals surface area contributed by atoms with Gasteiger partial charge in [0.15, 0.2) is 5.54 Å². The van der Waals surface area contributed by atoms with E-state index in [4.69, 9.17) is 4.74 Å². The zero-order valence-corrected chi connectivity index (χ0v) is 13.9. The summed E-state index contributed by atoms with van der Waals surface area (Å²) in [6.07, 6.45) is -0.738. The van der Waals surface area contributed by atoms with Crippen molar-refractivity contribution in [2.45, 2.75) is 31.0 Å². The number of fused-ring (bicyclic) bond motifs is 3. The van der Waals surface area contributed by atoms with Crippen LogP contribution in [0.25, 0.3) is 0 Å². The first-order valence-electron chi connectivity index (χ1n) is 8.45. The summed E-state index contributed by atoms with van der Waals surface area (Å²) >= 11 is 0. The van der Waals surface area contributed by atoms with Crippen LogP contribution in [0.2, 0.25) is 0 Å². The van der Waals surface area contributed by atoms with Gasteiger partial charge in [-0.2, -0.15) is 0 Å². The van der Waals surface area contributed by atoms with Crippen molar-refractivity contribution in [2.24, 2.45) is 0 Å². The predicted octanol–water partition coefficient (Wildman–Crippen LogP) is 2.41. The van der Waals surface area contributed by atoms with Crippen molar-refractivity contribution in [3.8, 4) is 0 Å². The van der Waals surface area contributed by atoms with Crippen molar-refractivity contribution >= 4 is 11.9 Å². The van der Waals surface area contributed by atoms with Crippen molar-refractivity contribution in [3.05, 3.63) is 71.3 Å². The largest absolute Gasteiger partial charge is 0.464 e. The van der Waals surface area contributed by atoms with Crippen molar-refractivity contribution in [1.82, 2.24) is 4.90 Å². The molecule has 5 heteroatoms. The standard InChI is InChI=1S/C20H19NO4/c1-2-25-19(24)20-15-11-7-6-10-14(15)18(23)21(20)17(22)12-16(20)13-8-4-3-5-9-13/h3-11,16-17,22H,2,12H2,1H3. The first kappa shape index (κ1) is 15.8. The second-order valence-corrected chi connectivity index (χ2v) is 6.39. The molecule has 1 amide bonds. The molecule has 2 aliphatic rings. The Hall–Kier alpha value is -2.66. The van der Waals surface area contributed by atoms with Crippen LogP contribution in [0.5, 0.6) is 0 Å². The number of aliphatic hydroxyl groups excluding tert-OH is 1. The number of carbonyl (C=O) groups excluding carboxylic acids is 2. The van der Waals surface area contributed by atoms with E-state index in [1.165, 1.54) is 4.90 Å². The lowest BCUT2D eigenvalue weighted by Crippen LogP contribution is -2.51. The fourth-order valence-electron chi connectivity index (χ4n) is 4.29. The van der Waals surface area contributed by atoms with Crippen LogP contribution in [-0.4, -0.2) is 34.7 Å². The van der Waals surface area contributed by atoms with E-state index >= 15 is 0 Å². The summed E-state index contributed by atoms with van der Waals surface area (Å²) in [4.78, 5) is 27.4. The third-order valence-electron chi connectivity index (χ3n) is 5.20. The summed E-state index contributed by atoms with van der Waals surface area (Å²) in [6.45, 7) is 1.95. The zero-order valence-electron chi connectivity index (χ0n) is 13.9. The summed E-state index contributed by atoms with van der Waals surface area (Å²) < 4.78 is 5.39. The lowest BCUT2D eigenvalue weighted by molar-refractivity contribution is -0.158. The average molecular weight is 337 g/mol. The summed E-state index contributed by atoms with van der Waals surface area (Å²) in [6, 6.07) is 16.6. The number of amides is 1. The van der Waals surface area contributed by atoms with Gasteiger partial charge in [0.25, 0.3) is 5.91 Å². The van der Waals surface area contributed by atoms with Crippen molar-refractivity contribution in [2.75, 3.05) is 6.61 Å². The minimum atomic E-state index is -1.32. The molecule has 2 heterocycles. The maximum atomic E-state index is 13.2. The Morgan fingerprint density at radius 2 is 1.88 bits per heavy atom. The lowest BCUT2D eigenvalue weighted by atomic mass is 9.75. The molecule has 25 heavy (non-hydrogen) atoms. The molecule has 5 nitrogen and oxygen atoms in total. The topological polar surface area (TPSA) is 66.8 Å². The molecule has 3 atom stereocenters. The van der Waals surface area contributed by atoms with E-state index < -0.39 is 17.7 Å². The molecule has 2 aromatic rings. The zero-order chi connectivity index (χ0) is 17.6. The van der Waals surface area contributed by atoms with Crippen LogP contribution in [0.4, 0.5) is 0 Å². The number of hydrogen-bond donors (Lipinski definition) is 1. The molecule has 0 aromatic heterocycles. The quantitative estimate of drug-likeness (QED) is 0.874. The molecule has 0 bridgehead atoms. The monoisotopic (exact) mass is 337 g/mol. The number of aliphatic hydroxyl groups is 1. The molecule has 0 aliphatic carbocycles. The van der Waals surface area contributed by atoms with Crippen LogP contribution >= 0.6 is 0 Å². The van der Waals surface area contributed by atoms with Gasteiger partial charge in [-0.1, -0.05) is 48.5 Å². The van der Waals surface area contributed by atoms with Crippen LogP contribution in [0, 0.1) is 0 Å². The van der Waals surface area contributed by atoms with E-state index in [0.29, 0.717) is 17.5 Å². The van der Waals surface area contributed by atoms with Crippen LogP contribution in [0.15, 0.2) is 54.6 Å². The molecule has 4 rings (SSSR count). The molecule has 2 aliphatic heterocycles. The molecule has 0 radical (unpaired) electrons. The minimum Gasteiger partial charge on any atom is -0.464 e. The van der Waals surface area contributed by atoms with E-state index in [1.807, 2.05) is 36.4 Å². The Morgan fingerprint density at radius 1 is 1.20 bits per heavy atom. The van der Waals surface area contributed by atoms with Crippen LogP contribution in [0.1, 0.15) is 40.7 Å². The molecule has 3 unspecified atom stereocenters. The van der Waals surface area contributed by atoms with Gasteiger partial charge in [0, 0.05) is 23.5 Å². The van der Waals surface area contributed by atoms with Crippen molar-refractivity contribution < 1.29 is 19.4 Å². The van der Waals surface area contributed by atoms with E-state index in [1.54, 1.807) is 25.1 Å². The number of esters is 1. The second-order valence-electron chi connectivity index (χ2n) is 6.39. The summed E-state index contributed by atoms with van der Waals surface area (Å²) in [5, 5.41) is 10.7. The van der Waals surface area contributed by atoms with Crippen LogP contribution in [0.3, 0.4) is 0 Å². The van der Waals surface area contributed by atoms with Crippen LogP contribution < -0.4 is 0 Å². The number of rotatable bonds is 3. The Balaban J connectivity index is 1.99. The smallest absolute Gasteiger partial charge is 0.337 e. The molecule has 1 N–H and O–H groups in total. The average Bonchev–Trinajstić information content (AvgIpc) is 3.09. The van der Waals surface area contributed by atoms with Crippen molar-refractivity contribution in [3.63, 3.8) is 0 Å². The second kappa shape index (κ2) is 5.70. The summed E-state index contributed by atoms with van der Waals surface area (Å²) in [7, 11) is 0. The Morgan fingerprint density at radius 3 is 2.60 bits per heavy atom. The van der Waals surface area contributed by atoms with E-state index in [0.717, 1.165) is 5.56 Å². The van der Waals surface area contributed by atoms with Gasteiger partial charge >= 0.3 is 5.97 Å². The normalized spacial score (nSPS) is 27.1. The third kappa shape index (κ3) is 1.99. The fraction of sp³-hybridized carbons (Fsp3) is 0.300. The summed E-state index contributed by atoms with van der Waals surface area (Å²) in [5.41, 5.74) is 0.658. The number of ether oxygens (including phenoxy) is 1. The maximum Gasteiger partial charge on any atom is 0.337 e. The van der Waals surface area contributed by atoms with E-state index in [9.17, 15) is 14.7 Å². The van der Waals surface area contributed by atoms with Gasteiger partial charge in [0.05, 0.1) is 6.61 Å².